The van der Waals surface area contributed by atoms with Gasteiger partial charge in [-0.2, -0.15) is 0 Å². The normalized spacial score (nSPS) is 19.2. The lowest BCUT2D eigenvalue weighted by atomic mass is 9.87. The fourth-order valence-electron chi connectivity index (χ4n) is 3.92. The minimum atomic E-state index is -0.296. The number of likely N-dealkylation sites (tertiary alicyclic amines) is 1. The topological polar surface area (TPSA) is 58.2 Å². The molecule has 1 amide bonds. The van der Waals surface area contributed by atoms with Crippen LogP contribution in [-0.4, -0.2) is 46.1 Å². The second-order valence-electron chi connectivity index (χ2n) is 7.51. The van der Waals surface area contributed by atoms with Crippen LogP contribution < -0.4 is 0 Å². The number of aromatic amines is 1. The van der Waals surface area contributed by atoms with E-state index in [-0.39, 0.29) is 17.3 Å². The summed E-state index contributed by atoms with van der Waals surface area (Å²) in [6.07, 6.45) is 4.85. The number of hydrogen-bond donors (Lipinski definition) is 1. The van der Waals surface area contributed by atoms with Gasteiger partial charge in [0.2, 0.25) is 0 Å². The molecule has 2 aromatic rings. The van der Waals surface area contributed by atoms with E-state index >= 15 is 0 Å². The van der Waals surface area contributed by atoms with Gasteiger partial charge < -0.3 is 14.6 Å². The summed E-state index contributed by atoms with van der Waals surface area (Å²) in [5.41, 5.74) is 3.07. The summed E-state index contributed by atoms with van der Waals surface area (Å²) in [5.74, 6) is 0.219. The lowest BCUT2D eigenvalue weighted by Crippen LogP contribution is -2.48. The van der Waals surface area contributed by atoms with Crippen molar-refractivity contribution in [2.45, 2.75) is 38.7 Å². The molecule has 0 saturated carbocycles. The van der Waals surface area contributed by atoms with Crippen molar-refractivity contribution in [1.29, 1.82) is 0 Å². The van der Waals surface area contributed by atoms with Crippen LogP contribution in [0.25, 0.3) is 11.4 Å². The average molecular weight is 369 g/mol. The van der Waals surface area contributed by atoms with Crippen molar-refractivity contribution in [3.05, 3.63) is 53.1 Å². The Hall–Kier alpha value is -2.47. The molecule has 2 aliphatic heterocycles. The highest BCUT2D eigenvalue weighted by molar-refractivity contribution is 5.94. The highest BCUT2D eigenvalue weighted by Crippen LogP contribution is 2.33. The van der Waals surface area contributed by atoms with Crippen LogP contribution in [0.3, 0.4) is 0 Å². The molecule has 4 rings (SSSR count). The number of rotatable bonds is 2. The van der Waals surface area contributed by atoms with E-state index < -0.39 is 0 Å². The average Bonchev–Trinajstić information content (AvgIpc) is 3.04. The number of nitrogens with one attached hydrogen (secondary N) is 1. The van der Waals surface area contributed by atoms with Crippen LogP contribution >= 0.6 is 0 Å². The summed E-state index contributed by atoms with van der Waals surface area (Å²) >= 11 is 0. The number of carbonyl (C=O) groups is 1. The zero-order chi connectivity index (χ0) is 19.0. The van der Waals surface area contributed by atoms with Gasteiger partial charge in [-0.25, -0.2) is 9.37 Å². The molecule has 1 fully saturated rings. The number of aromatic nitrogens is 2. The van der Waals surface area contributed by atoms with E-state index in [1.54, 1.807) is 12.1 Å². The lowest BCUT2D eigenvalue weighted by Gasteiger charge is -2.42. The minimum Gasteiger partial charge on any atom is -0.370 e. The third kappa shape index (κ3) is 3.54. The SMILES string of the molecule is CC1=CC2(CCN(C(=O)c3nc(-c4ccc(F)cc4)[nH]c3C)CC2)OCC1. The van der Waals surface area contributed by atoms with Crippen LogP contribution in [0.1, 0.15) is 42.4 Å². The van der Waals surface area contributed by atoms with Crippen LogP contribution in [0.5, 0.6) is 0 Å². The van der Waals surface area contributed by atoms with Gasteiger partial charge in [-0.05, 0) is 57.4 Å². The molecule has 1 spiro atoms. The molecule has 0 atom stereocenters. The fraction of sp³-hybridized carbons (Fsp3) is 0.429. The third-order valence-corrected chi connectivity index (χ3v) is 5.50. The van der Waals surface area contributed by atoms with Gasteiger partial charge in [-0.15, -0.1) is 0 Å². The first-order chi connectivity index (χ1) is 13.0. The number of piperidine rings is 1. The van der Waals surface area contributed by atoms with E-state index in [9.17, 15) is 9.18 Å². The molecule has 6 heteroatoms. The van der Waals surface area contributed by atoms with Crippen molar-refractivity contribution >= 4 is 5.91 Å². The number of ether oxygens (including phenoxy) is 1. The summed E-state index contributed by atoms with van der Waals surface area (Å²) < 4.78 is 19.2. The molecule has 1 N–H and O–H groups in total. The largest absolute Gasteiger partial charge is 0.370 e. The number of nitrogens with zero attached hydrogens (tertiary/aromatic N) is 2. The summed E-state index contributed by atoms with van der Waals surface area (Å²) in [7, 11) is 0. The van der Waals surface area contributed by atoms with Crippen molar-refractivity contribution in [3.63, 3.8) is 0 Å². The van der Waals surface area contributed by atoms with Crippen molar-refractivity contribution in [2.75, 3.05) is 19.7 Å². The Morgan fingerprint density at radius 3 is 2.59 bits per heavy atom. The summed E-state index contributed by atoms with van der Waals surface area (Å²) in [5, 5.41) is 0. The monoisotopic (exact) mass is 369 g/mol. The quantitative estimate of drug-likeness (QED) is 0.818. The number of H-pyrrole nitrogens is 1. The molecular weight excluding hydrogens is 345 g/mol. The number of amides is 1. The first-order valence-corrected chi connectivity index (χ1v) is 9.40. The van der Waals surface area contributed by atoms with Crippen LogP contribution in [0.15, 0.2) is 35.9 Å². The molecule has 142 valence electrons. The number of benzene rings is 1. The van der Waals surface area contributed by atoms with Crippen LogP contribution in [-0.2, 0) is 4.74 Å². The van der Waals surface area contributed by atoms with Crippen LogP contribution in [0.2, 0.25) is 0 Å². The molecule has 0 unspecified atom stereocenters. The molecular formula is C21H24FN3O2. The Morgan fingerprint density at radius 2 is 1.93 bits per heavy atom. The molecule has 1 aromatic carbocycles. The van der Waals surface area contributed by atoms with E-state index in [0.29, 0.717) is 24.6 Å². The van der Waals surface area contributed by atoms with Crippen LogP contribution in [0, 0.1) is 12.7 Å². The standard InChI is InChI=1S/C21H24FN3O2/c1-14-7-12-27-21(13-14)8-10-25(11-9-21)20(26)18-15(2)23-19(24-18)16-3-5-17(22)6-4-16/h3-6,13H,7-12H2,1-2H3,(H,23,24). The van der Waals surface area contributed by atoms with Gasteiger partial charge in [0, 0.05) is 24.3 Å². The van der Waals surface area contributed by atoms with E-state index in [0.717, 1.165) is 37.1 Å². The molecule has 1 saturated heterocycles. The van der Waals surface area contributed by atoms with Gasteiger partial charge in [-0.3, -0.25) is 4.79 Å². The van der Waals surface area contributed by atoms with E-state index in [1.807, 2.05) is 11.8 Å². The number of halogens is 1. The maximum atomic E-state index is 13.1. The number of hydrogen-bond acceptors (Lipinski definition) is 3. The van der Waals surface area contributed by atoms with Gasteiger partial charge in [0.15, 0.2) is 0 Å². The highest BCUT2D eigenvalue weighted by Gasteiger charge is 2.37. The summed E-state index contributed by atoms with van der Waals surface area (Å²) in [4.78, 5) is 22.5. The molecule has 27 heavy (non-hydrogen) atoms. The smallest absolute Gasteiger partial charge is 0.274 e. The van der Waals surface area contributed by atoms with Gasteiger partial charge >= 0.3 is 0 Å². The van der Waals surface area contributed by atoms with Crippen molar-refractivity contribution in [1.82, 2.24) is 14.9 Å². The summed E-state index contributed by atoms with van der Waals surface area (Å²) in [6, 6.07) is 6.08. The number of carbonyl (C=O) groups excluding carboxylic acids is 1. The first kappa shape index (κ1) is 17.9. The van der Waals surface area contributed by atoms with Crippen molar-refractivity contribution in [2.24, 2.45) is 0 Å². The number of aryl methyl sites for hydroxylation is 1. The Balaban J connectivity index is 1.49. The van der Waals surface area contributed by atoms with E-state index in [4.69, 9.17) is 4.74 Å². The molecule has 0 aliphatic carbocycles. The first-order valence-electron chi connectivity index (χ1n) is 9.40. The second kappa shape index (κ2) is 6.93. The van der Waals surface area contributed by atoms with E-state index in [1.165, 1.54) is 17.7 Å². The highest BCUT2D eigenvalue weighted by atomic mass is 19.1. The Labute approximate surface area is 158 Å². The maximum absolute atomic E-state index is 13.1. The van der Waals surface area contributed by atoms with Gasteiger partial charge in [-0.1, -0.05) is 11.6 Å². The van der Waals surface area contributed by atoms with E-state index in [2.05, 4.69) is 23.0 Å². The minimum absolute atomic E-state index is 0.0662. The zero-order valence-electron chi connectivity index (χ0n) is 15.7. The Kier molecular flexibility index (Phi) is 4.60. The molecule has 5 nitrogen and oxygen atoms in total. The molecule has 3 heterocycles. The van der Waals surface area contributed by atoms with Crippen LogP contribution in [0.4, 0.5) is 4.39 Å². The predicted molar refractivity (Wildman–Crippen MR) is 101 cm³/mol. The lowest BCUT2D eigenvalue weighted by molar-refractivity contribution is -0.0522. The van der Waals surface area contributed by atoms with Gasteiger partial charge in [0.25, 0.3) is 5.91 Å². The maximum Gasteiger partial charge on any atom is 0.274 e. The third-order valence-electron chi connectivity index (χ3n) is 5.50. The molecule has 0 radical (unpaired) electrons. The van der Waals surface area contributed by atoms with Gasteiger partial charge in [0.05, 0.1) is 12.2 Å². The van der Waals surface area contributed by atoms with Crippen molar-refractivity contribution < 1.29 is 13.9 Å². The zero-order valence-corrected chi connectivity index (χ0v) is 15.7. The predicted octanol–water partition coefficient (Wildman–Crippen LogP) is 3.87. The number of imidazole rings is 1. The summed E-state index contributed by atoms with van der Waals surface area (Å²) in [6.45, 7) is 6.05. The van der Waals surface area contributed by atoms with Crippen molar-refractivity contribution in [3.8, 4) is 11.4 Å². The Bertz CT molecular complexity index is 877. The fourth-order valence-corrected chi connectivity index (χ4v) is 3.92. The molecule has 0 bridgehead atoms. The Morgan fingerprint density at radius 1 is 1.22 bits per heavy atom. The van der Waals surface area contributed by atoms with Gasteiger partial charge in [0.1, 0.15) is 17.3 Å². The second-order valence-corrected chi connectivity index (χ2v) is 7.51. The molecule has 2 aliphatic rings. The molecule has 1 aromatic heterocycles.